The Kier molecular flexibility index (Phi) is 5.64. The second-order valence-electron chi connectivity index (χ2n) is 11.7. The van der Waals surface area contributed by atoms with Gasteiger partial charge in [0.1, 0.15) is 0 Å². The summed E-state index contributed by atoms with van der Waals surface area (Å²) >= 11 is 0. The third-order valence-electron chi connectivity index (χ3n) is 9.96. The molecular formula is C27H42O2. The standard InChI is InChI=1S/C27H42O2/c1-17(2)25(29)11-6-18(3)22-9-10-23-21-8-7-19-16-20(28)12-14-26(19,4)24(21)13-15-27(22,23)5/h7-8,16-18,21-25,29H,6,9-15H2,1-5H3/t18-,21+,22-,23+,24+,25?,26+,27-/m1/s1. The molecule has 0 aromatic rings. The van der Waals surface area contributed by atoms with E-state index in [1.807, 2.05) is 6.08 Å². The van der Waals surface area contributed by atoms with Crippen LogP contribution in [0.3, 0.4) is 0 Å². The molecule has 0 aromatic heterocycles. The number of carbonyl (C=O) groups excluding carboxylic acids is 1. The SMILES string of the molecule is CC(C)C(O)CC[C@@H](C)[C@H]1CC[C@H]2[C@@H]3C=CC4=CC(=O)CC[C@]4(C)[C@H]3CC[C@]12C. The van der Waals surface area contributed by atoms with E-state index in [1.165, 1.54) is 31.3 Å². The largest absolute Gasteiger partial charge is 0.393 e. The second-order valence-corrected chi connectivity index (χ2v) is 11.7. The molecule has 29 heavy (non-hydrogen) atoms. The Bertz CT molecular complexity index is 703. The fourth-order valence-corrected chi connectivity index (χ4v) is 7.94. The summed E-state index contributed by atoms with van der Waals surface area (Å²) in [7, 11) is 0. The molecule has 4 aliphatic rings. The molecule has 0 aliphatic heterocycles. The van der Waals surface area contributed by atoms with Gasteiger partial charge in [-0.3, -0.25) is 4.79 Å². The number of fused-ring (bicyclic) bond motifs is 5. The van der Waals surface area contributed by atoms with Crippen molar-refractivity contribution in [2.45, 2.75) is 92.1 Å². The maximum atomic E-state index is 12.0. The van der Waals surface area contributed by atoms with Crippen LogP contribution in [0.25, 0.3) is 0 Å². The van der Waals surface area contributed by atoms with Crippen LogP contribution in [0.15, 0.2) is 23.8 Å². The van der Waals surface area contributed by atoms with Crippen LogP contribution >= 0.6 is 0 Å². The highest BCUT2D eigenvalue weighted by Crippen LogP contribution is 2.66. The van der Waals surface area contributed by atoms with Crippen LogP contribution in [0.4, 0.5) is 0 Å². The van der Waals surface area contributed by atoms with Gasteiger partial charge in [-0.15, -0.1) is 0 Å². The highest BCUT2D eigenvalue weighted by Gasteiger charge is 2.58. The summed E-state index contributed by atoms with van der Waals surface area (Å²) in [6.07, 6.45) is 15.8. The lowest BCUT2D eigenvalue weighted by molar-refractivity contribution is -0.116. The Balaban J connectivity index is 1.52. The van der Waals surface area contributed by atoms with Crippen molar-refractivity contribution in [3.63, 3.8) is 0 Å². The normalized spacial score (nSPS) is 43.4. The molecule has 2 nitrogen and oxygen atoms in total. The number of aliphatic hydroxyl groups excluding tert-OH is 1. The predicted octanol–water partition coefficient (Wildman–Crippen LogP) is 6.34. The first kappa shape index (κ1) is 21.3. The Morgan fingerprint density at radius 2 is 1.83 bits per heavy atom. The van der Waals surface area contributed by atoms with Crippen molar-refractivity contribution in [3.05, 3.63) is 23.8 Å². The van der Waals surface area contributed by atoms with Gasteiger partial charge in [0.2, 0.25) is 0 Å². The van der Waals surface area contributed by atoms with Crippen LogP contribution in [-0.4, -0.2) is 17.0 Å². The molecule has 0 saturated heterocycles. The van der Waals surface area contributed by atoms with Gasteiger partial charge < -0.3 is 5.11 Å². The fraction of sp³-hybridized carbons (Fsp3) is 0.815. The van der Waals surface area contributed by atoms with E-state index in [9.17, 15) is 9.90 Å². The Hall–Kier alpha value is -0.890. The van der Waals surface area contributed by atoms with E-state index in [-0.39, 0.29) is 11.5 Å². The van der Waals surface area contributed by atoms with Crippen LogP contribution in [0.2, 0.25) is 0 Å². The number of rotatable bonds is 5. The van der Waals surface area contributed by atoms with E-state index >= 15 is 0 Å². The first-order valence-corrected chi connectivity index (χ1v) is 12.3. The monoisotopic (exact) mass is 398 g/mol. The first-order chi connectivity index (χ1) is 13.7. The van der Waals surface area contributed by atoms with E-state index in [4.69, 9.17) is 0 Å². The van der Waals surface area contributed by atoms with Gasteiger partial charge in [-0.2, -0.15) is 0 Å². The highest BCUT2D eigenvalue weighted by molar-refractivity contribution is 5.92. The zero-order chi connectivity index (χ0) is 21.0. The third-order valence-corrected chi connectivity index (χ3v) is 9.96. The van der Waals surface area contributed by atoms with Gasteiger partial charge in [0.05, 0.1) is 6.10 Å². The molecule has 4 rings (SSSR count). The molecular weight excluding hydrogens is 356 g/mol. The lowest BCUT2D eigenvalue weighted by Crippen LogP contribution is -2.49. The van der Waals surface area contributed by atoms with Crippen LogP contribution in [0.5, 0.6) is 0 Å². The quantitative estimate of drug-likeness (QED) is 0.586. The van der Waals surface area contributed by atoms with Crippen molar-refractivity contribution in [2.75, 3.05) is 0 Å². The van der Waals surface area contributed by atoms with Crippen LogP contribution < -0.4 is 0 Å². The highest BCUT2D eigenvalue weighted by atomic mass is 16.3. The van der Waals surface area contributed by atoms with E-state index in [0.29, 0.717) is 34.9 Å². The zero-order valence-corrected chi connectivity index (χ0v) is 19.3. The van der Waals surface area contributed by atoms with Crippen LogP contribution in [0, 0.1) is 46.3 Å². The average molecular weight is 399 g/mol. The first-order valence-electron chi connectivity index (χ1n) is 12.3. The topological polar surface area (TPSA) is 37.3 Å². The summed E-state index contributed by atoms with van der Waals surface area (Å²) in [5, 5.41) is 10.3. The van der Waals surface area contributed by atoms with E-state index in [2.05, 4.69) is 46.8 Å². The van der Waals surface area contributed by atoms with Crippen molar-refractivity contribution >= 4 is 5.78 Å². The van der Waals surface area contributed by atoms with Crippen molar-refractivity contribution in [1.82, 2.24) is 0 Å². The minimum Gasteiger partial charge on any atom is -0.393 e. The summed E-state index contributed by atoms with van der Waals surface area (Å²) in [6.45, 7) is 11.7. The van der Waals surface area contributed by atoms with Crippen LogP contribution in [0.1, 0.15) is 86.0 Å². The molecule has 2 heteroatoms. The fourth-order valence-electron chi connectivity index (χ4n) is 7.94. The second kappa shape index (κ2) is 7.66. The van der Waals surface area contributed by atoms with E-state index in [1.54, 1.807) is 0 Å². The number of hydrogen-bond acceptors (Lipinski definition) is 2. The molecule has 1 N–H and O–H groups in total. The van der Waals surface area contributed by atoms with Crippen molar-refractivity contribution in [3.8, 4) is 0 Å². The molecule has 2 fully saturated rings. The molecule has 0 radical (unpaired) electrons. The number of aliphatic hydroxyl groups is 1. The lowest BCUT2D eigenvalue weighted by atomic mass is 9.48. The van der Waals surface area contributed by atoms with Gasteiger partial charge in [0.25, 0.3) is 0 Å². The van der Waals surface area contributed by atoms with Crippen molar-refractivity contribution < 1.29 is 9.90 Å². The molecule has 0 amide bonds. The van der Waals surface area contributed by atoms with Crippen molar-refractivity contribution in [2.24, 2.45) is 46.3 Å². The minimum absolute atomic E-state index is 0.154. The third kappa shape index (κ3) is 3.48. The summed E-state index contributed by atoms with van der Waals surface area (Å²) in [4.78, 5) is 12.0. The van der Waals surface area contributed by atoms with Gasteiger partial charge in [0, 0.05) is 6.42 Å². The molecule has 8 atom stereocenters. The van der Waals surface area contributed by atoms with E-state index in [0.717, 1.165) is 37.5 Å². The molecule has 0 aromatic carbocycles. The number of allylic oxidation sites excluding steroid dienone is 4. The van der Waals surface area contributed by atoms with Crippen LogP contribution in [-0.2, 0) is 4.79 Å². The van der Waals surface area contributed by atoms with Gasteiger partial charge in [0.15, 0.2) is 5.78 Å². The maximum Gasteiger partial charge on any atom is 0.156 e. The van der Waals surface area contributed by atoms with Gasteiger partial charge in [-0.1, -0.05) is 46.8 Å². The van der Waals surface area contributed by atoms with Gasteiger partial charge in [-0.25, -0.2) is 0 Å². The van der Waals surface area contributed by atoms with Gasteiger partial charge in [-0.05, 0) is 103 Å². The Morgan fingerprint density at radius 3 is 2.55 bits per heavy atom. The minimum atomic E-state index is -0.154. The maximum absolute atomic E-state index is 12.0. The van der Waals surface area contributed by atoms with Crippen molar-refractivity contribution in [1.29, 1.82) is 0 Å². The number of ketones is 1. The summed E-state index contributed by atoms with van der Waals surface area (Å²) in [5.41, 5.74) is 1.96. The molecule has 2 saturated carbocycles. The molecule has 162 valence electrons. The molecule has 4 aliphatic carbocycles. The Labute approximate surface area is 178 Å². The smallest absolute Gasteiger partial charge is 0.156 e. The molecule has 0 bridgehead atoms. The number of carbonyl (C=O) groups is 1. The average Bonchev–Trinajstić information content (AvgIpc) is 3.03. The summed E-state index contributed by atoms with van der Waals surface area (Å²) in [5.74, 6) is 4.35. The summed E-state index contributed by atoms with van der Waals surface area (Å²) in [6, 6.07) is 0. The molecule has 0 heterocycles. The van der Waals surface area contributed by atoms with Gasteiger partial charge >= 0.3 is 0 Å². The summed E-state index contributed by atoms with van der Waals surface area (Å²) < 4.78 is 0. The molecule has 1 unspecified atom stereocenters. The lowest BCUT2D eigenvalue weighted by Gasteiger charge is -2.56. The predicted molar refractivity (Wildman–Crippen MR) is 119 cm³/mol. The zero-order valence-electron chi connectivity index (χ0n) is 19.3. The molecule has 0 spiro atoms. The van der Waals surface area contributed by atoms with E-state index < -0.39 is 0 Å². The number of hydrogen-bond donors (Lipinski definition) is 1. The Morgan fingerprint density at radius 1 is 1.07 bits per heavy atom.